The molecule has 0 heterocycles. The van der Waals surface area contributed by atoms with Gasteiger partial charge in [0.25, 0.3) is 5.91 Å². The van der Waals surface area contributed by atoms with Gasteiger partial charge in [-0.25, -0.2) is 17.9 Å². The third kappa shape index (κ3) is 5.22. The van der Waals surface area contributed by atoms with Gasteiger partial charge in [0.1, 0.15) is 6.04 Å². The maximum absolute atomic E-state index is 12.1. The average molecular weight is 372 g/mol. The summed E-state index contributed by atoms with van der Waals surface area (Å²) >= 11 is 1.50. The topological polar surface area (TPSA) is 113 Å². The fraction of sp³-hybridized carbons (Fsp3) is 0.467. The summed E-state index contributed by atoms with van der Waals surface area (Å²) in [6.45, 7) is 0. The summed E-state index contributed by atoms with van der Waals surface area (Å²) in [6, 6.07) is 4.49. The number of amides is 1. The molecule has 2 rings (SSSR count). The molecule has 24 heavy (non-hydrogen) atoms. The van der Waals surface area contributed by atoms with E-state index >= 15 is 0 Å². The quantitative estimate of drug-likeness (QED) is 0.598. The van der Waals surface area contributed by atoms with E-state index in [1.165, 1.54) is 36.0 Å². The van der Waals surface area contributed by atoms with Gasteiger partial charge in [0, 0.05) is 11.6 Å². The van der Waals surface area contributed by atoms with Crippen LogP contribution in [0.5, 0.6) is 0 Å². The molecular formula is C15H20N2O5S2. The van der Waals surface area contributed by atoms with Gasteiger partial charge in [0.15, 0.2) is 0 Å². The summed E-state index contributed by atoms with van der Waals surface area (Å²) in [6.07, 6.45) is 3.86. The normalized spacial score (nSPS) is 15.7. The molecule has 0 aliphatic heterocycles. The van der Waals surface area contributed by atoms with Crippen LogP contribution in [-0.4, -0.2) is 49.5 Å². The first-order valence-electron chi connectivity index (χ1n) is 7.48. The number of carbonyl (C=O) groups excluding carboxylic acids is 1. The number of carboxylic acid groups (broad SMARTS) is 1. The standard InChI is InChI=1S/C15H20N2O5S2/c1-23-9-8-13(15(19)20)16-14(18)10-2-6-12(7-3-10)24(21,22)17-11-4-5-11/h2-3,6-7,11,13,17H,4-5,8-9H2,1H3,(H,16,18)(H,19,20)/t13-/m0/s1. The number of sulfonamides is 1. The third-order valence-corrected chi connectivity index (χ3v) is 5.72. The number of nitrogens with one attached hydrogen (secondary N) is 2. The van der Waals surface area contributed by atoms with Crippen molar-refractivity contribution < 1.29 is 23.1 Å². The van der Waals surface area contributed by atoms with Gasteiger partial charge in [-0.15, -0.1) is 0 Å². The predicted octanol–water partition coefficient (Wildman–Crippen LogP) is 1.06. The minimum atomic E-state index is -3.57. The Balaban J connectivity index is 2.03. The average Bonchev–Trinajstić information content (AvgIpc) is 3.34. The Kier molecular flexibility index (Phi) is 6.25. The van der Waals surface area contributed by atoms with Crippen molar-refractivity contribution in [3.8, 4) is 0 Å². The zero-order chi connectivity index (χ0) is 17.7. The van der Waals surface area contributed by atoms with Gasteiger partial charge in [-0.2, -0.15) is 11.8 Å². The number of carbonyl (C=O) groups is 2. The molecular weight excluding hydrogens is 352 g/mol. The Morgan fingerprint density at radius 2 is 1.92 bits per heavy atom. The van der Waals surface area contributed by atoms with Crippen molar-refractivity contribution in [3.05, 3.63) is 29.8 Å². The lowest BCUT2D eigenvalue weighted by atomic mass is 10.1. The molecule has 3 N–H and O–H groups in total. The van der Waals surface area contributed by atoms with Gasteiger partial charge in [-0.1, -0.05) is 0 Å². The van der Waals surface area contributed by atoms with Crippen LogP contribution >= 0.6 is 11.8 Å². The summed E-state index contributed by atoms with van der Waals surface area (Å²) < 4.78 is 26.7. The summed E-state index contributed by atoms with van der Waals surface area (Å²) in [4.78, 5) is 23.4. The van der Waals surface area contributed by atoms with Gasteiger partial charge >= 0.3 is 5.97 Å². The SMILES string of the molecule is CSCC[C@H](NC(=O)c1ccc(S(=O)(=O)NC2CC2)cc1)C(=O)O. The van der Waals surface area contributed by atoms with E-state index in [1.54, 1.807) is 0 Å². The molecule has 0 aromatic heterocycles. The van der Waals surface area contributed by atoms with Crippen LogP contribution in [0.4, 0.5) is 0 Å². The van der Waals surface area contributed by atoms with Crippen LogP contribution in [0.3, 0.4) is 0 Å². The maximum Gasteiger partial charge on any atom is 0.326 e. The number of carboxylic acids is 1. The lowest BCUT2D eigenvalue weighted by Crippen LogP contribution is -2.41. The fourth-order valence-corrected chi connectivity index (χ4v) is 3.79. The Hall–Kier alpha value is -1.58. The van der Waals surface area contributed by atoms with Crippen molar-refractivity contribution in [1.82, 2.24) is 10.0 Å². The molecule has 1 aliphatic rings. The van der Waals surface area contributed by atoms with E-state index in [2.05, 4.69) is 10.0 Å². The molecule has 0 saturated heterocycles. The van der Waals surface area contributed by atoms with Crippen LogP contribution in [0.15, 0.2) is 29.2 Å². The number of thioether (sulfide) groups is 1. The van der Waals surface area contributed by atoms with Gasteiger partial charge < -0.3 is 10.4 Å². The lowest BCUT2D eigenvalue weighted by molar-refractivity contribution is -0.139. The zero-order valence-electron chi connectivity index (χ0n) is 13.2. The number of hydrogen-bond acceptors (Lipinski definition) is 5. The Morgan fingerprint density at radius 3 is 2.42 bits per heavy atom. The zero-order valence-corrected chi connectivity index (χ0v) is 14.8. The van der Waals surface area contributed by atoms with Crippen LogP contribution < -0.4 is 10.0 Å². The highest BCUT2D eigenvalue weighted by Crippen LogP contribution is 2.22. The largest absolute Gasteiger partial charge is 0.480 e. The molecule has 9 heteroatoms. The van der Waals surface area contributed by atoms with Crippen LogP contribution in [-0.2, 0) is 14.8 Å². The third-order valence-electron chi connectivity index (χ3n) is 3.54. The van der Waals surface area contributed by atoms with E-state index < -0.39 is 27.9 Å². The summed E-state index contributed by atoms with van der Waals surface area (Å²) in [7, 11) is -3.57. The van der Waals surface area contributed by atoms with Gasteiger partial charge in [0.2, 0.25) is 10.0 Å². The van der Waals surface area contributed by atoms with E-state index in [0.29, 0.717) is 12.2 Å². The minimum absolute atomic E-state index is 0.00531. The molecule has 1 fully saturated rings. The predicted molar refractivity (Wildman–Crippen MR) is 91.7 cm³/mol. The second-order valence-electron chi connectivity index (χ2n) is 5.57. The van der Waals surface area contributed by atoms with Gasteiger partial charge in [-0.05, 0) is 55.5 Å². The molecule has 0 unspecified atom stereocenters. The van der Waals surface area contributed by atoms with Crippen molar-refractivity contribution in [3.63, 3.8) is 0 Å². The first-order chi connectivity index (χ1) is 11.3. The van der Waals surface area contributed by atoms with Crippen molar-refractivity contribution in [2.75, 3.05) is 12.0 Å². The van der Waals surface area contributed by atoms with E-state index in [9.17, 15) is 18.0 Å². The highest BCUT2D eigenvalue weighted by Gasteiger charge is 2.28. The van der Waals surface area contributed by atoms with Crippen LogP contribution in [0.2, 0.25) is 0 Å². The summed E-state index contributed by atoms with van der Waals surface area (Å²) in [5.41, 5.74) is 0.218. The highest BCUT2D eigenvalue weighted by molar-refractivity contribution is 7.98. The molecule has 132 valence electrons. The number of hydrogen-bond donors (Lipinski definition) is 3. The van der Waals surface area contributed by atoms with Crippen LogP contribution in [0.1, 0.15) is 29.6 Å². The van der Waals surface area contributed by atoms with E-state index in [0.717, 1.165) is 12.8 Å². The lowest BCUT2D eigenvalue weighted by Gasteiger charge is -2.14. The number of aliphatic carboxylic acids is 1. The van der Waals surface area contributed by atoms with Crippen molar-refractivity contribution in [2.45, 2.75) is 36.2 Å². The Bertz CT molecular complexity index is 699. The number of rotatable bonds is 9. The van der Waals surface area contributed by atoms with Crippen LogP contribution in [0.25, 0.3) is 0 Å². The van der Waals surface area contributed by atoms with E-state index in [1.807, 2.05) is 6.26 Å². The van der Waals surface area contributed by atoms with Gasteiger partial charge in [-0.3, -0.25) is 4.79 Å². The molecule has 1 amide bonds. The molecule has 1 aliphatic carbocycles. The molecule has 1 aromatic carbocycles. The van der Waals surface area contributed by atoms with E-state index in [4.69, 9.17) is 5.11 Å². The molecule has 7 nitrogen and oxygen atoms in total. The maximum atomic E-state index is 12.1. The molecule has 1 aromatic rings. The Labute approximate surface area is 145 Å². The second-order valence-corrected chi connectivity index (χ2v) is 8.27. The fourth-order valence-electron chi connectivity index (χ4n) is 2.01. The monoisotopic (exact) mass is 372 g/mol. The highest BCUT2D eigenvalue weighted by atomic mass is 32.2. The number of benzene rings is 1. The summed E-state index contributed by atoms with van der Waals surface area (Å²) in [5.74, 6) is -1.02. The minimum Gasteiger partial charge on any atom is -0.480 e. The second kappa shape index (κ2) is 8.00. The first kappa shape index (κ1) is 18.8. The Morgan fingerprint density at radius 1 is 1.29 bits per heavy atom. The summed E-state index contributed by atoms with van der Waals surface area (Å²) in [5, 5.41) is 11.6. The first-order valence-corrected chi connectivity index (χ1v) is 10.4. The molecule has 0 radical (unpaired) electrons. The van der Waals surface area contributed by atoms with Crippen molar-refractivity contribution in [2.24, 2.45) is 0 Å². The van der Waals surface area contributed by atoms with E-state index in [-0.39, 0.29) is 16.5 Å². The molecule has 0 bridgehead atoms. The van der Waals surface area contributed by atoms with Crippen molar-refractivity contribution in [1.29, 1.82) is 0 Å². The van der Waals surface area contributed by atoms with Crippen molar-refractivity contribution >= 4 is 33.7 Å². The smallest absolute Gasteiger partial charge is 0.326 e. The van der Waals surface area contributed by atoms with Gasteiger partial charge in [0.05, 0.1) is 4.90 Å². The molecule has 1 atom stereocenters. The van der Waals surface area contributed by atoms with Crippen LogP contribution in [0, 0.1) is 0 Å². The molecule has 0 spiro atoms. The molecule has 1 saturated carbocycles.